The van der Waals surface area contributed by atoms with Crippen molar-refractivity contribution in [2.24, 2.45) is 11.1 Å². The van der Waals surface area contributed by atoms with Gasteiger partial charge in [-0.05, 0) is 37.0 Å². The monoisotopic (exact) mass is 365 g/mol. The van der Waals surface area contributed by atoms with Gasteiger partial charge in [0.1, 0.15) is 5.69 Å². The van der Waals surface area contributed by atoms with Gasteiger partial charge < -0.3 is 15.7 Å². The minimum Gasteiger partial charge on any atom is -0.396 e. The lowest BCUT2D eigenvalue weighted by atomic mass is 9.76. The minimum absolute atomic E-state index is 0.101. The molecule has 7 heteroatoms. The van der Waals surface area contributed by atoms with Crippen LogP contribution in [-0.2, 0) is 6.42 Å². The highest BCUT2D eigenvalue weighted by Crippen LogP contribution is 2.36. The standard InChI is InChI=1S/C17H20ClN3O2S/c18-13-4-1-3-12(7-13)8-17(11-22)5-2-6-21(10-17)16-20-14(9-24-16)15(19)23/h1,3-4,7,9,22H,2,5-6,8,10-11H2,(H2,19,23)/t17-/m1/s1. The summed E-state index contributed by atoms with van der Waals surface area (Å²) in [5.41, 5.74) is 6.47. The lowest BCUT2D eigenvalue weighted by Crippen LogP contribution is -2.46. The molecule has 2 heterocycles. The number of aromatic nitrogens is 1. The van der Waals surface area contributed by atoms with E-state index in [0.29, 0.717) is 17.3 Å². The van der Waals surface area contributed by atoms with Gasteiger partial charge in [-0.2, -0.15) is 0 Å². The Bertz CT molecular complexity index is 736. The third-order valence-corrected chi connectivity index (χ3v) is 5.62. The number of carbonyl (C=O) groups is 1. The van der Waals surface area contributed by atoms with E-state index in [2.05, 4.69) is 9.88 Å². The smallest absolute Gasteiger partial charge is 0.268 e. The van der Waals surface area contributed by atoms with Gasteiger partial charge in [0, 0.05) is 28.9 Å². The van der Waals surface area contributed by atoms with E-state index in [9.17, 15) is 9.90 Å². The zero-order valence-corrected chi connectivity index (χ0v) is 14.8. The highest BCUT2D eigenvalue weighted by molar-refractivity contribution is 7.13. The Balaban J connectivity index is 1.79. The number of rotatable bonds is 5. The molecule has 3 rings (SSSR count). The van der Waals surface area contributed by atoms with E-state index in [1.54, 1.807) is 5.38 Å². The second kappa shape index (κ2) is 7.09. The second-order valence-corrected chi connectivity index (χ2v) is 7.64. The molecule has 2 aromatic rings. The Morgan fingerprint density at radius 1 is 1.50 bits per heavy atom. The molecule has 1 saturated heterocycles. The van der Waals surface area contributed by atoms with Crippen molar-refractivity contribution in [3.05, 3.63) is 45.9 Å². The van der Waals surface area contributed by atoms with Gasteiger partial charge in [0.25, 0.3) is 5.91 Å². The number of primary amides is 1. The quantitative estimate of drug-likeness (QED) is 0.853. The molecule has 0 radical (unpaired) electrons. The van der Waals surface area contributed by atoms with Crippen LogP contribution in [0.5, 0.6) is 0 Å². The van der Waals surface area contributed by atoms with Crippen LogP contribution >= 0.6 is 22.9 Å². The fourth-order valence-electron chi connectivity index (χ4n) is 3.30. The van der Waals surface area contributed by atoms with Crippen LogP contribution in [0.25, 0.3) is 0 Å². The Morgan fingerprint density at radius 3 is 3.00 bits per heavy atom. The molecule has 0 aliphatic carbocycles. The molecular weight excluding hydrogens is 346 g/mol. The van der Waals surface area contributed by atoms with Crippen molar-refractivity contribution in [1.82, 2.24) is 4.98 Å². The average molecular weight is 366 g/mol. The number of benzene rings is 1. The first-order valence-corrected chi connectivity index (χ1v) is 9.13. The van der Waals surface area contributed by atoms with Crippen molar-refractivity contribution < 1.29 is 9.90 Å². The number of nitrogens with two attached hydrogens (primary N) is 1. The molecule has 1 atom stereocenters. The molecule has 1 fully saturated rings. The van der Waals surface area contributed by atoms with E-state index in [0.717, 1.165) is 36.5 Å². The number of hydrogen-bond donors (Lipinski definition) is 2. The summed E-state index contributed by atoms with van der Waals surface area (Å²) in [4.78, 5) is 17.7. The van der Waals surface area contributed by atoms with Crippen molar-refractivity contribution in [1.29, 1.82) is 0 Å². The summed E-state index contributed by atoms with van der Waals surface area (Å²) in [5.74, 6) is -0.512. The first-order chi connectivity index (χ1) is 11.5. The Kier molecular flexibility index (Phi) is 5.08. The Labute approximate surface area is 150 Å². The lowest BCUT2D eigenvalue weighted by molar-refractivity contribution is 0.0995. The number of carbonyl (C=O) groups excluding carboxylic acids is 1. The molecule has 0 bridgehead atoms. The molecule has 1 aromatic heterocycles. The maximum atomic E-state index is 11.2. The summed E-state index contributed by atoms with van der Waals surface area (Å²) in [7, 11) is 0. The van der Waals surface area contributed by atoms with Crippen LogP contribution in [0.15, 0.2) is 29.6 Å². The van der Waals surface area contributed by atoms with Crippen LogP contribution in [0.4, 0.5) is 5.13 Å². The van der Waals surface area contributed by atoms with Crippen LogP contribution in [0, 0.1) is 5.41 Å². The molecule has 1 aliphatic heterocycles. The van der Waals surface area contributed by atoms with Crippen molar-refractivity contribution in [2.45, 2.75) is 19.3 Å². The fourth-order valence-corrected chi connectivity index (χ4v) is 4.36. The van der Waals surface area contributed by atoms with Gasteiger partial charge in [0.05, 0.1) is 6.61 Å². The number of hydrogen-bond acceptors (Lipinski definition) is 5. The third-order valence-electron chi connectivity index (χ3n) is 4.48. The molecule has 1 amide bonds. The molecule has 1 aliphatic rings. The first-order valence-electron chi connectivity index (χ1n) is 7.87. The number of amides is 1. The van der Waals surface area contributed by atoms with Crippen molar-refractivity contribution in [3.8, 4) is 0 Å². The summed E-state index contributed by atoms with van der Waals surface area (Å²) in [6.45, 7) is 1.66. The van der Waals surface area contributed by atoms with Gasteiger partial charge in [-0.25, -0.2) is 4.98 Å². The summed E-state index contributed by atoms with van der Waals surface area (Å²) in [5, 5.41) is 13.3. The predicted octanol–water partition coefficient (Wildman–Crippen LogP) is 2.72. The molecule has 3 N–H and O–H groups in total. The summed E-state index contributed by atoms with van der Waals surface area (Å²) >= 11 is 7.50. The van der Waals surface area contributed by atoms with Crippen molar-refractivity contribution in [3.63, 3.8) is 0 Å². The average Bonchev–Trinajstić information content (AvgIpc) is 3.05. The van der Waals surface area contributed by atoms with Gasteiger partial charge in [0.2, 0.25) is 0 Å². The highest BCUT2D eigenvalue weighted by atomic mass is 35.5. The molecule has 24 heavy (non-hydrogen) atoms. The van der Waals surface area contributed by atoms with Gasteiger partial charge >= 0.3 is 0 Å². The second-order valence-electron chi connectivity index (χ2n) is 6.37. The summed E-state index contributed by atoms with van der Waals surface area (Å²) in [6.07, 6.45) is 2.67. The first kappa shape index (κ1) is 17.2. The van der Waals surface area contributed by atoms with Crippen LogP contribution in [0.1, 0.15) is 28.9 Å². The van der Waals surface area contributed by atoms with E-state index >= 15 is 0 Å². The summed E-state index contributed by atoms with van der Waals surface area (Å²) in [6, 6.07) is 7.78. The number of anilines is 1. The van der Waals surface area contributed by atoms with Gasteiger partial charge in [-0.3, -0.25) is 4.79 Å². The van der Waals surface area contributed by atoms with Crippen molar-refractivity contribution >= 4 is 34.0 Å². The summed E-state index contributed by atoms with van der Waals surface area (Å²) < 4.78 is 0. The number of aliphatic hydroxyl groups is 1. The zero-order chi connectivity index (χ0) is 17.2. The van der Waals surface area contributed by atoms with E-state index in [-0.39, 0.29) is 12.0 Å². The lowest BCUT2D eigenvalue weighted by Gasteiger charge is -2.42. The van der Waals surface area contributed by atoms with Crippen LogP contribution in [0.3, 0.4) is 0 Å². The predicted molar refractivity (Wildman–Crippen MR) is 96.8 cm³/mol. The molecule has 1 aromatic carbocycles. The molecule has 0 spiro atoms. The van der Waals surface area contributed by atoms with Crippen LogP contribution in [-0.4, -0.2) is 35.7 Å². The highest BCUT2D eigenvalue weighted by Gasteiger charge is 2.36. The molecule has 5 nitrogen and oxygen atoms in total. The SMILES string of the molecule is NC(=O)c1csc(N2CCC[C@@](CO)(Cc3cccc(Cl)c3)C2)n1. The van der Waals surface area contributed by atoms with Crippen LogP contribution in [0.2, 0.25) is 5.02 Å². The van der Waals surface area contributed by atoms with E-state index in [4.69, 9.17) is 17.3 Å². The topological polar surface area (TPSA) is 79.5 Å². The van der Waals surface area contributed by atoms with E-state index in [1.165, 1.54) is 11.3 Å². The van der Waals surface area contributed by atoms with Gasteiger partial charge in [0.15, 0.2) is 5.13 Å². The van der Waals surface area contributed by atoms with Gasteiger partial charge in [-0.1, -0.05) is 23.7 Å². The molecular formula is C17H20ClN3O2S. The van der Waals surface area contributed by atoms with E-state index in [1.807, 2.05) is 24.3 Å². The Morgan fingerprint density at radius 2 is 2.33 bits per heavy atom. The molecule has 0 unspecified atom stereocenters. The Hall–Kier alpha value is -1.63. The normalized spacial score (nSPS) is 21.0. The maximum absolute atomic E-state index is 11.2. The third kappa shape index (κ3) is 3.71. The van der Waals surface area contributed by atoms with Gasteiger partial charge in [-0.15, -0.1) is 11.3 Å². The molecule has 128 valence electrons. The molecule has 0 saturated carbocycles. The van der Waals surface area contributed by atoms with Crippen molar-refractivity contribution in [2.75, 3.05) is 24.6 Å². The maximum Gasteiger partial charge on any atom is 0.268 e. The van der Waals surface area contributed by atoms with E-state index < -0.39 is 5.91 Å². The largest absolute Gasteiger partial charge is 0.396 e. The zero-order valence-electron chi connectivity index (χ0n) is 13.2. The fraction of sp³-hybridized carbons (Fsp3) is 0.412. The number of halogens is 1. The number of aliphatic hydroxyl groups excluding tert-OH is 1. The number of nitrogens with zero attached hydrogens (tertiary/aromatic N) is 2. The number of piperidine rings is 1. The minimum atomic E-state index is -0.512. The number of thiazole rings is 1. The van der Waals surface area contributed by atoms with Crippen LogP contribution < -0.4 is 10.6 Å².